The molecule has 1 aliphatic heterocycles. The van der Waals surface area contributed by atoms with Gasteiger partial charge in [0.2, 0.25) is 15.9 Å². The van der Waals surface area contributed by atoms with Crippen molar-refractivity contribution < 1.29 is 22.4 Å². The molecule has 0 unspecified atom stereocenters. The van der Waals surface area contributed by atoms with E-state index in [1.165, 1.54) is 41.3 Å². The van der Waals surface area contributed by atoms with Crippen molar-refractivity contribution >= 4 is 33.4 Å². The Morgan fingerprint density at radius 2 is 1.97 bits per heavy atom. The van der Waals surface area contributed by atoms with Gasteiger partial charge in [0.15, 0.2) is 0 Å². The van der Waals surface area contributed by atoms with Crippen LogP contribution >= 0.6 is 11.6 Å². The second-order valence-electron chi connectivity index (χ2n) is 7.58. The monoisotopic (exact) mass is 465 g/mol. The fraction of sp³-hybridized carbons (Fsp3) is 0.333. The summed E-state index contributed by atoms with van der Waals surface area (Å²) in [6.45, 7) is 0.126. The summed E-state index contributed by atoms with van der Waals surface area (Å²) in [5.41, 5.74) is 0.411. The lowest BCUT2D eigenvalue weighted by Crippen LogP contribution is -2.49. The van der Waals surface area contributed by atoms with Gasteiger partial charge in [-0.2, -0.15) is 4.31 Å². The Hall–Kier alpha value is -2.49. The number of nitrogens with zero attached hydrogens (tertiary/aromatic N) is 2. The maximum atomic E-state index is 14.3. The first-order valence-electron chi connectivity index (χ1n) is 9.88. The van der Waals surface area contributed by atoms with E-state index in [4.69, 9.17) is 11.6 Å². The van der Waals surface area contributed by atoms with E-state index in [0.717, 1.165) is 17.1 Å². The van der Waals surface area contributed by atoms with Gasteiger partial charge in [-0.3, -0.25) is 9.59 Å². The predicted octanol–water partition coefficient (Wildman–Crippen LogP) is 2.40. The van der Waals surface area contributed by atoms with Crippen LogP contribution in [0.1, 0.15) is 28.8 Å². The average molecular weight is 466 g/mol. The predicted molar refractivity (Wildman–Crippen MR) is 113 cm³/mol. The molecule has 1 saturated heterocycles. The third-order valence-corrected chi connectivity index (χ3v) is 7.56. The number of nitrogens with one attached hydrogen (secondary N) is 1. The highest BCUT2D eigenvalue weighted by molar-refractivity contribution is 7.89. The van der Waals surface area contributed by atoms with Crippen LogP contribution in [-0.4, -0.2) is 55.1 Å². The van der Waals surface area contributed by atoms with Gasteiger partial charge in [-0.1, -0.05) is 23.7 Å². The largest absolute Gasteiger partial charge is 0.354 e. The van der Waals surface area contributed by atoms with Crippen LogP contribution in [0.25, 0.3) is 0 Å². The highest BCUT2D eigenvalue weighted by atomic mass is 35.5. The summed E-state index contributed by atoms with van der Waals surface area (Å²) < 4.78 is 41.3. The minimum atomic E-state index is -3.93. The first kappa shape index (κ1) is 21.7. The molecule has 7 nitrogen and oxygen atoms in total. The summed E-state index contributed by atoms with van der Waals surface area (Å²) in [5.74, 6) is -1.26. The molecule has 1 N–H and O–H groups in total. The van der Waals surface area contributed by atoms with Gasteiger partial charge in [0.1, 0.15) is 5.82 Å². The van der Waals surface area contributed by atoms with Crippen molar-refractivity contribution in [3.8, 4) is 0 Å². The Kier molecular flexibility index (Phi) is 6.00. The zero-order chi connectivity index (χ0) is 22.2. The number of benzene rings is 2. The lowest BCUT2D eigenvalue weighted by molar-refractivity contribution is -0.122. The number of piperazine rings is 1. The lowest BCUT2D eigenvalue weighted by atomic mass is 10.1. The van der Waals surface area contributed by atoms with Crippen LogP contribution in [0.4, 0.5) is 4.39 Å². The van der Waals surface area contributed by atoms with Crippen LogP contribution < -0.4 is 5.32 Å². The number of rotatable bonds is 6. The Labute approximate surface area is 184 Å². The number of carbonyl (C=O) groups excluding carboxylic acids is 2. The van der Waals surface area contributed by atoms with Crippen molar-refractivity contribution in [1.82, 2.24) is 14.5 Å². The molecule has 1 saturated carbocycles. The van der Waals surface area contributed by atoms with Gasteiger partial charge in [-0.15, -0.1) is 0 Å². The van der Waals surface area contributed by atoms with Crippen LogP contribution in [0.2, 0.25) is 5.02 Å². The third-order valence-electron chi connectivity index (χ3n) is 5.36. The molecular formula is C21H21ClFN3O4S. The normalized spacial score (nSPS) is 17.3. The van der Waals surface area contributed by atoms with Crippen molar-refractivity contribution in [2.75, 3.05) is 19.6 Å². The van der Waals surface area contributed by atoms with E-state index in [9.17, 15) is 22.4 Å². The summed E-state index contributed by atoms with van der Waals surface area (Å²) in [7, 11) is -3.93. The number of amides is 2. The van der Waals surface area contributed by atoms with Gasteiger partial charge in [0.25, 0.3) is 5.91 Å². The summed E-state index contributed by atoms with van der Waals surface area (Å²) in [4.78, 5) is 26.3. The summed E-state index contributed by atoms with van der Waals surface area (Å²) in [5, 5.41) is 2.82. The smallest absolute Gasteiger partial charge is 0.254 e. The molecule has 1 aliphatic carbocycles. The third kappa shape index (κ3) is 4.58. The van der Waals surface area contributed by atoms with Crippen LogP contribution in [0.5, 0.6) is 0 Å². The standard InChI is InChI=1S/C21H21ClFN3O4S/c22-18-5-2-6-19(23)17(18)12-26(15-7-8-15)21(28)14-3-1-4-16(11-14)31(29,30)25-10-9-24-20(27)13-25/h1-6,11,15H,7-10,12-13H2,(H,24,27). The van der Waals surface area contributed by atoms with Crippen molar-refractivity contribution in [2.24, 2.45) is 0 Å². The molecule has 2 aromatic carbocycles. The van der Waals surface area contributed by atoms with Crippen molar-refractivity contribution in [1.29, 1.82) is 0 Å². The van der Waals surface area contributed by atoms with Gasteiger partial charge < -0.3 is 10.2 Å². The highest BCUT2D eigenvalue weighted by Gasteiger charge is 2.35. The van der Waals surface area contributed by atoms with Crippen LogP contribution in [-0.2, 0) is 21.4 Å². The molecule has 0 spiro atoms. The number of carbonyl (C=O) groups is 2. The van der Waals surface area contributed by atoms with Gasteiger partial charge >= 0.3 is 0 Å². The summed E-state index contributed by atoms with van der Waals surface area (Å²) in [6.07, 6.45) is 1.58. The van der Waals surface area contributed by atoms with Gasteiger partial charge in [0.05, 0.1) is 18.0 Å². The first-order valence-corrected chi connectivity index (χ1v) is 11.7. The molecule has 1 heterocycles. The Morgan fingerprint density at radius 3 is 2.65 bits per heavy atom. The van der Waals surface area contributed by atoms with Gasteiger partial charge in [0, 0.05) is 35.3 Å². The molecular weight excluding hydrogens is 445 g/mol. The maximum absolute atomic E-state index is 14.3. The Bertz CT molecular complexity index is 1120. The first-order chi connectivity index (χ1) is 14.8. The molecule has 4 rings (SSSR count). The second kappa shape index (κ2) is 8.57. The number of sulfonamides is 1. The zero-order valence-corrected chi connectivity index (χ0v) is 18.1. The van der Waals surface area contributed by atoms with Crippen molar-refractivity contribution in [2.45, 2.75) is 30.3 Å². The molecule has 0 bridgehead atoms. The average Bonchev–Trinajstić information content (AvgIpc) is 3.58. The zero-order valence-electron chi connectivity index (χ0n) is 16.6. The van der Waals surface area contributed by atoms with E-state index in [1.54, 1.807) is 6.07 Å². The molecule has 31 heavy (non-hydrogen) atoms. The number of hydrogen-bond acceptors (Lipinski definition) is 4. The highest BCUT2D eigenvalue weighted by Crippen LogP contribution is 2.32. The second-order valence-corrected chi connectivity index (χ2v) is 9.93. The molecule has 0 aromatic heterocycles. The van der Waals surface area contributed by atoms with Crippen molar-refractivity contribution in [3.63, 3.8) is 0 Å². The fourth-order valence-corrected chi connectivity index (χ4v) is 5.20. The van der Waals surface area contributed by atoms with Crippen LogP contribution in [0.3, 0.4) is 0 Å². The minimum Gasteiger partial charge on any atom is -0.354 e. The molecule has 2 aromatic rings. The SMILES string of the molecule is O=C1CN(S(=O)(=O)c2cccc(C(=O)N(Cc3c(F)cccc3Cl)C3CC3)c2)CCN1. The van der Waals surface area contributed by atoms with E-state index in [1.807, 2.05) is 0 Å². The molecule has 0 radical (unpaired) electrons. The summed E-state index contributed by atoms with van der Waals surface area (Å²) in [6, 6.07) is 10.0. The van der Waals surface area contributed by atoms with E-state index in [0.29, 0.717) is 0 Å². The number of hydrogen-bond donors (Lipinski definition) is 1. The minimum absolute atomic E-state index is 0.00171. The number of halogens is 2. The molecule has 0 atom stereocenters. The van der Waals surface area contributed by atoms with Crippen LogP contribution in [0.15, 0.2) is 47.4 Å². The molecule has 10 heteroatoms. The fourth-order valence-electron chi connectivity index (χ4n) is 3.53. The molecule has 2 aliphatic rings. The summed E-state index contributed by atoms with van der Waals surface area (Å²) >= 11 is 6.14. The van der Waals surface area contributed by atoms with Crippen molar-refractivity contribution in [3.05, 3.63) is 64.4 Å². The van der Waals surface area contributed by atoms with E-state index in [2.05, 4.69) is 5.32 Å². The Balaban J connectivity index is 1.61. The van der Waals surface area contributed by atoms with Gasteiger partial charge in [-0.05, 0) is 43.2 Å². The lowest BCUT2D eigenvalue weighted by Gasteiger charge is -2.26. The maximum Gasteiger partial charge on any atom is 0.254 e. The Morgan fingerprint density at radius 1 is 1.23 bits per heavy atom. The van der Waals surface area contributed by atoms with E-state index >= 15 is 0 Å². The van der Waals surface area contributed by atoms with Gasteiger partial charge in [-0.25, -0.2) is 12.8 Å². The molecule has 2 amide bonds. The topological polar surface area (TPSA) is 86.8 Å². The molecule has 164 valence electrons. The van der Waals surface area contributed by atoms with Crippen LogP contribution in [0, 0.1) is 5.82 Å². The van der Waals surface area contributed by atoms with E-state index < -0.39 is 21.7 Å². The molecule has 2 fully saturated rings. The quantitative estimate of drug-likeness (QED) is 0.709. The van der Waals surface area contributed by atoms with E-state index in [-0.39, 0.29) is 59.2 Å².